The van der Waals surface area contributed by atoms with E-state index in [-0.39, 0.29) is 12.5 Å². The molecule has 162 valence electrons. The van der Waals surface area contributed by atoms with E-state index >= 15 is 0 Å². The molecule has 0 N–H and O–H groups in total. The first kappa shape index (κ1) is 21.1. The largest absolute Gasteiger partial charge is 0.494 e. The number of piperazine rings is 1. The number of carbonyl (C=O) groups excluding carboxylic acids is 1. The van der Waals surface area contributed by atoms with Gasteiger partial charge in [0.15, 0.2) is 12.4 Å². The number of amides is 1. The van der Waals surface area contributed by atoms with E-state index in [1.165, 1.54) is 0 Å². The van der Waals surface area contributed by atoms with E-state index in [9.17, 15) is 4.79 Å². The van der Waals surface area contributed by atoms with Gasteiger partial charge in [-0.25, -0.2) is 0 Å². The number of benzene rings is 1. The number of ether oxygens (including phenoxy) is 2. The minimum Gasteiger partial charge on any atom is -0.494 e. The molecule has 3 heterocycles. The Kier molecular flexibility index (Phi) is 6.99. The van der Waals surface area contributed by atoms with E-state index in [0.29, 0.717) is 25.4 Å². The number of hydrogen-bond acceptors (Lipinski definition) is 7. The maximum Gasteiger partial charge on any atom is 0.260 e. The molecule has 0 bridgehead atoms. The molecule has 1 amide bonds. The molecule has 1 fully saturated rings. The molecule has 7 nitrogen and oxygen atoms in total. The van der Waals surface area contributed by atoms with Crippen LogP contribution in [0.5, 0.6) is 11.5 Å². The SMILES string of the molecule is CCCOc1ccc(OCC(=O)N2CCN(c3ccc(-c4cccs4)nn3)CC2)cc1. The maximum absolute atomic E-state index is 12.5. The van der Waals surface area contributed by atoms with Gasteiger partial charge in [0.2, 0.25) is 0 Å². The zero-order valence-electron chi connectivity index (χ0n) is 17.6. The average molecular weight is 439 g/mol. The Labute approximate surface area is 186 Å². The lowest BCUT2D eigenvalue weighted by Gasteiger charge is -2.35. The van der Waals surface area contributed by atoms with Crippen LogP contribution in [0.25, 0.3) is 10.6 Å². The highest BCUT2D eigenvalue weighted by molar-refractivity contribution is 7.13. The van der Waals surface area contributed by atoms with Crippen LogP contribution in [0.3, 0.4) is 0 Å². The third-order valence-electron chi connectivity index (χ3n) is 5.04. The molecule has 0 aliphatic carbocycles. The number of rotatable bonds is 8. The second-order valence-corrected chi connectivity index (χ2v) is 8.18. The molecule has 1 aliphatic rings. The maximum atomic E-state index is 12.5. The van der Waals surface area contributed by atoms with Crippen molar-refractivity contribution < 1.29 is 14.3 Å². The van der Waals surface area contributed by atoms with Crippen molar-refractivity contribution in [3.8, 4) is 22.1 Å². The van der Waals surface area contributed by atoms with Gasteiger partial charge in [-0.05, 0) is 54.3 Å². The summed E-state index contributed by atoms with van der Waals surface area (Å²) in [5, 5.41) is 10.7. The summed E-state index contributed by atoms with van der Waals surface area (Å²) in [6.45, 7) is 5.52. The highest BCUT2D eigenvalue weighted by Gasteiger charge is 2.22. The highest BCUT2D eigenvalue weighted by atomic mass is 32.1. The fourth-order valence-corrected chi connectivity index (χ4v) is 4.01. The van der Waals surface area contributed by atoms with Crippen LogP contribution in [-0.4, -0.2) is 60.4 Å². The summed E-state index contributed by atoms with van der Waals surface area (Å²) >= 11 is 1.65. The van der Waals surface area contributed by atoms with Crippen LogP contribution < -0.4 is 14.4 Å². The monoisotopic (exact) mass is 438 g/mol. The lowest BCUT2D eigenvalue weighted by atomic mass is 10.3. The highest BCUT2D eigenvalue weighted by Crippen LogP contribution is 2.23. The summed E-state index contributed by atoms with van der Waals surface area (Å²) in [7, 11) is 0. The summed E-state index contributed by atoms with van der Waals surface area (Å²) < 4.78 is 11.2. The number of hydrogen-bond donors (Lipinski definition) is 0. The van der Waals surface area contributed by atoms with Gasteiger partial charge in [0.25, 0.3) is 5.91 Å². The number of thiophene rings is 1. The van der Waals surface area contributed by atoms with Crippen molar-refractivity contribution in [2.75, 3.05) is 44.3 Å². The first-order valence-corrected chi connectivity index (χ1v) is 11.4. The van der Waals surface area contributed by atoms with Gasteiger partial charge in [-0.3, -0.25) is 4.79 Å². The average Bonchev–Trinajstić information content (AvgIpc) is 3.37. The number of aromatic nitrogens is 2. The van der Waals surface area contributed by atoms with Gasteiger partial charge in [-0.2, -0.15) is 0 Å². The summed E-state index contributed by atoms with van der Waals surface area (Å²) in [5.41, 5.74) is 0.884. The lowest BCUT2D eigenvalue weighted by molar-refractivity contribution is -0.133. The van der Waals surface area contributed by atoms with E-state index in [0.717, 1.165) is 41.6 Å². The Balaban J connectivity index is 1.23. The minimum absolute atomic E-state index is 0.00918. The molecular formula is C23H26N4O3S. The molecule has 0 atom stereocenters. The predicted octanol–water partition coefficient (Wildman–Crippen LogP) is 3.72. The van der Waals surface area contributed by atoms with Gasteiger partial charge in [-0.15, -0.1) is 21.5 Å². The summed E-state index contributed by atoms with van der Waals surface area (Å²) in [5.74, 6) is 2.30. The second-order valence-electron chi connectivity index (χ2n) is 7.23. The van der Waals surface area contributed by atoms with E-state index in [1.54, 1.807) is 11.3 Å². The Hall–Kier alpha value is -3.13. The van der Waals surface area contributed by atoms with Crippen molar-refractivity contribution >= 4 is 23.1 Å². The Morgan fingerprint density at radius 3 is 2.32 bits per heavy atom. The van der Waals surface area contributed by atoms with E-state index in [2.05, 4.69) is 22.0 Å². The summed E-state index contributed by atoms with van der Waals surface area (Å²) in [4.78, 5) is 17.6. The standard InChI is InChI=1S/C23H26N4O3S/c1-2-15-29-18-5-7-19(8-6-18)30-17-23(28)27-13-11-26(12-14-27)22-10-9-20(24-25-22)21-4-3-16-31-21/h3-10,16H,2,11-15,17H2,1H3. The van der Waals surface area contributed by atoms with Gasteiger partial charge in [-0.1, -0.05) is 13.0 Å². The quantitative estimate of drug-likeness (QED) is 0.534. The van der Waals surface area contributed by atoms with Crippen molar-refractivity contribution in [2.45, 2.75) is 13.3 Å². The zero-order valence-corrected chi connectivity index (χ0v) is 18.4. The normalized spacial score (nSPS) is 13.8. The second kappa shape index (κ2) is 10.3. The molecule has 1 saturated heterocycles. The fourth-order valence-electron chi connectivity index (χ4n) is 3.32. The van der Waals surface area contributed by atoms with E-state index < -0.39 is 0 Å². The van der Waals surface area contributed by atoms with Crippen LogP contribution in [0.1, 0.15) is 13.3 Å². The minimum atomic E-state index is -0.00918. The first-order valence-electron chi connectivity index (χ1n) is 10.5. The molecule has 1 aliphatic heterocycles. The fraction of sp³-hybridized carbons (Fsp3) is 0.348. The third kappa shape index (κ3) is 5.52. The van der Waals surface area contributed by atoms with Crippen LogP contribution in [0.15, 0.2) is 53.9 Å². The van der Waals surface area contributed by atoms with Gasteiger partial charge in [0.05, 0.1) is 11.5 Å². The Morgan fingerprint density at radius 2 is 1.71 bits per heavy atom. The van der Waals surface area contributed by atoms with Crippen molar-refractivity contribution in [1.82, 2.24) is 15.1 Å². The molecule has 1 aromatic carbocycles. The van der Waals surface area contributed by atoms with Crippen LogP contribution >= 0.6 is 11.3 Å². The molecule has 4 rings (SSSR count). The number of nitrogens with zero attached hydrogens (tertiary/aromatic N) is 4. The van der Waals surface area contributed by atoms with Crippen LogP contribution in [0, 0.1) is 0 Å². The predicted molar refractivity (Wildman–Crippen MR) is 122 cm³/mol. The molecule has 0 unspecified atom stereocenters. The Morgan fingerprint density at radius 1 is 0.968 bits per heavy atom. The number of anilines is 1. The topological polar surface area (TPSA) is 67.8 Å². The Bertz CT molecular complexity index is 954. The van der Waals surface area contributed by atoms with Gasteiger partial charge >= 0.3 is 0 Å². The van der Waals surface area contributed by atoms with Gasteiger partial charge in [0, 0.05) is 26.2 Å². The van der Waals surface area contributed by atoms with Crippen LogP contribution in [-0.2, 0) is 4.79 Å². The molecule has 0 spiro atoms. The molecule has 8 heteroatoms. The van der Waals surface area contributed by atoms with Crippen molar-refractivity contribution in [1.29, 1.82) is 0 Å². The third-order valence-corrected chi connectivity index (χ3v) is 5.93. The number of carbonyl (C=O) groups is 1. The van der Waals surface area contributed by atoms with Crippen molar-refractivity contribution in [2.24, 2.45) is 0 Å². The van der Waals surface area contributed by atoms with Crippen molar-refractivity contribution in [3.05, 3.63) is 53.9 Å². The molecule has 2 aromatic heterocycles. The van der Waals surface area contributed by atoms with Crippen LogP contribution in [0.2, 0.25) is 0 Å². The lowest BCUT2D eigenvalue weighted by Crippen LogP contribution is -2.50. The smallest absolute Gasteiger partial charge is 0.260 e. The van der Waals surface area contributed by atoms with Crippen LogP contribution in [0.4, 0.5) is 5.82 Å². The molecule has 0 radical (unpaired) electrons. The van der Waals surface area contributed by atoms with Gasteiger partial charge in [0.1, 0.15) is 17.2 Å². The van der Waals surface area contributed by atoms with E-state index in [4.69, 9.17) is 9.47 Å². The molecule has 31 heavy (non-hydrogen) atoms. The summed E-state index contributed by atoms with van der Waals surface area (Å²) in [6, 6.07) is 15.4. The molecule has 3 aromatic rings. The summed E-state index contributed by atoms with van der Waals surface area (Å²) in [6.07, 6.45) is 0.965. The van der Waals surface area contributed by atoms with Crippen molar-refractivity contribution in [3.63, 3.8) is 0 Å². The zero-order chi connectivity index (χ0) is 21.5. The molecule has 0 saturated carbocycles. The first-order chi connectivity index (χ1) is 15.2. The molecular weight excluding hydrogens is 412 g/mol. The van der Waals surface area contributed by atoms with Gasteiger partial charge < -0.3 is 19.3 Å². The van der Waals surface area contributed by atoms with E-state index in [1.807, 2.05) is 58.8 Å².